The van der Waals surface area contributed by atoms with Crippen LogP contribution in [0, 0.1) is 0 Å². The number of hydrogen-bond acceptors (Lipinski definition) is 4. The van der Waals surface area contributed by atoms with Crippen LogP contribution in [0.15, 0.2) is 48.5 Å². The highest BCUT2D eigenvalue weighted by Gasteiger charge is 2.33. The summed E-state index contributed by atoms with van der Waals surface area (Å²) >= 11 is 0. The van der Waals surface area contributed by atoms with Crippen molar-refractivity contribution in [2.45, 2.75) is 12.5 Å². The van der Waals surface area contributed by atoms with E-state index >= 15 is 0 Å². The normalized spacial score (nSPS) is 17.4. The van der Waals surface area contributed by atoms with Crippen LogP contribution in [0.3, 0.4) is 0 Å². The summed E-state index contributed by atoms with van der Waals surface area (Å²) in [6.07, 6.45) is 0.589. The van der Waals surface area contributed by atoms with E-state index in [0.717, 1.165) is 5.69 Å². The number of aromatic nitrogens is 3. The van der Waals surface area contributed by atoms with Gasteiger partial charge in [0.25, 0.3) is 5.91 Å². The fraction of sp³-hybridized carbons (Fsp3) is 0.176. The quantitative estimate of drug-likeness (QED) is 0.765. The average Bonchev–Trinajstić information content (AvgIpc) is 3.22. The van der Waals surface area contributed by atoms with Crippen LogP contribution < -0.4 is 10.2 Å². The minimum Gasteiger partial charge on any atom is -0.340 e. The molecule has 1 fully saturated rings. The zero-order valence-corrected chi connectivity index (χ0v) is 12.8. The van der Waals surface area contributed by atoms with Crippen LogP contribution in [-0.2, 0) is 4.79 Å². The molecule has 0 saturated carbocycles. The van der Waals surface area contributed by atoms with Crippen molar-refractivity contribution in [1.82, 2.24) is 20.7 Å². The highest BCUT2D eigenvalue weighted by atomic mass is 16.2. The van der Waals surface area contributed by atoms with Crippen LogP contribution in [0.5, 0.6) is 0 Å². The molecule has 0 spiro atoms. The summed E-state index contributed by atoms with van der Waals surface area (Å²) in [5.74, 6) is -0.370. The largest absolute Gasteiger partial charge is 0.340 e. The summed E-state index contributed by atoms with van der Waals surface area (Å²) in [6.45, 7) is 0.593. The Kier molecular flexibility index (Phi) is 3.45. The molecule has 1 aliphatic rings. The molecule has 1 saturated heterocycles. The number of H-pyrrole nitrogens is 1. The van der Waals surface area contributed by atoms with Gasteiger partial charge < -0.3 is 10.2 Å². The van der Waals surface area contributed by atoms with E-state index in [2.05, 4.69) is 20.7 Å². The van der Waals surface area contributed by atoms with E-state index in [1.807, 2.05) is 30.3 Å². The molecule has 3 aromatic rings. The second kappa shape index (κ2) is 5.77. The molecule has 1 atom stereocenters. The van der Waals surface area contributed by atoms with Crippen LogP contribution in [0.4, 0.5) is 5.69 Å². The molecule has 2 amide bonds. The minimum absolute atomic E-state index is 0.0861. The van der Waals surface area contributed by atoms with E-state index in [4.69, 9.17) is 0 Å². The molecular weight excluding hydrogens is 306 g/mol. The molecule has 2 heterocycles. The van der Waals surface area contributed by atoms with Crippen LogP contribution in [0.1, 0.15) is 16.8 Å². The van der Waals surface area contributed by atoms with Crippen molar-refractivity contribution in [2.24, 2.45) is 0 Å². The third-order valence-electron chi connectivity index (χ3n) is 4.16. The van der Waals surface area contributed by atoms with Gasteiger partial charge in [0, 0.05) is 17.8 Å². The molecular formula is C17H15N5O2. The van der Waals surface area contributed by atoms with E-state index in [0.29, 0.717) is 29.6 Å². The first-order valence-electron chi connectivity index (χ1n) is 7.70. The standard InChI is InChI=1S/C17H15N5O2/c23-16(11-6-7-13-15(10-11)20-21-19-13)18-14-8-9-22(17(14)24)12-4-2-1-3-5-12/h1-7,10,14H,8-9H2,(H,18,23)(H,19,20,21)/t14-/m1/s1. The summed E-state index contributed by atoms with van der Waals surface area (Å²) in [4.78, 5) is 26.6. The number of nitrogens with one attached hydrogen (secondary N) is 2. The van der Waals surface area contributed by atoms with Gasteiger partial charge in [0.05, 0.1) is 0 Å². The summed E-state index contributed by atoms with van der Waals surface area (Å²) in [5.41, 5.74) is 2.62. The number of aromatic amines is 1. The topological polar surface area (TPSA) is 91.0 Å². The van der Waals surface area contributed by atoms with E-state index in [1.165, 1.54) is 0 Å². The van der Waals surface area contributed by atoms with Gasteiger partial charge in [-0.15, -0.1) is 0 Å². The lowest BCUT2D eigenvalue weighted by atomic mass is 10.1. The Labute approximate surface area is 137 Å². The van der Waals surface area contributed by atoms with E-state index in [1.54, 1.807) is 23.1 Å². The first-order valence-corrected chi connectivity index (χ1v) is 7.70. The lowest BCUT2D eigenvalue weighted by Gasteiger charge is -2.17. The fourth-order valence-electron chi connectivity index (χ4n) is 2.90. The fourth-order valence-corrected chi connectivity index (χ4v) is 2.90. The monoisotopic (exact) mass is 321 g/mol. The Balaban J connectivity index is 1.49. The SMILES string of the molecule is O=C(N[C@@H]1CCN(c2ccccc2)C1=O)c1ccc2n[nH]nc2c1. The molecule has 0 unspecified atom stereocenters. The second-order valence-corrected chi connectivity index (χ2v) is 5.67. The first-order chi connectivity index (χ1) is 11.7. The van der Waals surface area contributed by atoms with Crippen molar-refractivity contribution >= 4 is 28.5 Å². The Morgan fingerprint density at radius 3 is 2.75 bits per heavy atom. The molecule has 2 aromatic carbocycles. The maximum atomic E-state index is 12.5. The van der Waals surface area contributed by atoms with Crippen molar-refractivity contribution in [2.75, 3.05) is 11.4 Å². The van der Waals surface area contributed by atoms with E-state index in [-0.39, 0.29) is 11.8 Å². The number of fused-ring (bicyclic) bond motifs is 1. The summed E-state index contributed by atoms with van der Waals surface area (Å²) in [7, 11) is 0. The number of para-hydroxylation sites is 1. The van der Waals surface area contributed by atoms with Crippen LogP contribution in [-0.4, -0.2) is 39.8 Å². The van der Waals surface area contributed by atoms with Crippen LogP contribution >= 0.6 is 0 Å². The van der Waals surface area contributed by atoms with Crippen molar-refractivity contribution in [3.63, 3.8) is 0 Å². The number of nitrogens with zero attached hydrogens (tertiary/aromatic N) is 3. The molecule has 2 N–H and O–H groups in total. The lowest BCUT2D eigenvalue weighted by Crippen LogP contribution is -2.41. The molecule has 1 aromatic heterocycles. The first kappa shape index (κ1) is 14.4. The molecule has 120 valence electrons. The van der Waals surface area contributed by atoms with Gasteiger partial charge in [-0.2, -0.15) is 15.4 Å². The van der Waals surface area contributed by atoms with Gasteiger partial charge in [-0.1, -0.05) is 18.2 Å². The van der Waals surface area contributed by atoms with Crippen molar-refractivity contribution in [3.05, 3.63) is 54.1 Å². The molecule has 0 bridgehead atoms. The molecule has 0 radical (unpaired) electrons. The van der Waals surface area contributed by atoms with Gasteiger partial charge >= 0.3 is 0 Å². The zero-order chi connectivity index (χ0) is 16.5. The van der Waals surface area contributed by atoms with Crippen molar-refractivity contribution in [3.8, 4) is 0 Å². The van der Waals surface area contributed by atoms with Gasteiger partial charge in [0.2, 0.25) is 5.91 Å². The Bertz CT molecular complexity index is 905. The van der Waals surface area contributed by atoms with Crippen LogP contribution in [0.2, 0.25) is 0 Å². The van der Waals surface area contributed by atoms with E-state index < -0.39 is 6.04 Å². The summed E-state index contributed by atoms with van der Waals surface area (Å²) < 4.78 is 0. The lowest BCUT2D eigenvalue weighted by molar-refractivity contribution is -0.118. The highest BCUT2D eigenvalue weighted by Crippen LogP contribution is 2.21. The Morgan fingerprint density at radius 1 is 1.12 bits per heavy atom. The third kappa shape index (κ3) is 2.50. The maximum Gasteiger partial charge on any atom is 0.252 e. The summed E-state index contributed by atoms with van der Waals surface area (Å²) in [6, 6.07) is 14.0. The predicted molar refractivity (Wildman–Crippen MR) is 88.6 cm³/mol. The second-order valence-electron chi connectivity index (χ2n) is 5.67. The molecule has 7 heteroatoms. The highest BCUT2D eigenvalue weighted by molar-refractivity contribution is 6.04. The smallest absolute Gasteiger partial charge is 0.252 e. The van der Waals surface area contributed by atoms with Gasteiger partial charge in [-0.25, -0.2) is 0 Å². The number of rotatable bonds is 3. The number of amides is 2. The Morgan fingerprint density at radius 2 is 1.92 bits per heavy atom. The molecule has 4 rings (SSSR count). The molecule has 0 aliphatic carbocycles. The maximum absolute atomic E-state index is 12.5. The minimum atomic E-state index is -0.509. The predicted octanol–water partition coefficient (Wildman–Crippen LogP) is 1.49. The number of carbonyl (C=O) groups excluding carboxylic acids is 2. The molecule has 24 heavy (non-hydrogen) atoms. The number of carbonyl (C=O) groups is 2. The molecule has 7 nitrogen and oxygen atoms in total. The zero-order valence-electron chi connectivity index (χ0n) is 12.8. The number of hydrogen-bond donors (Lipinski definition) is 2. The molecule has 1 aliphatic heterocycles. The van der Waals surface area contributed by atoms with Gasteiger partial charge in [0.15, 0.2) is 0 Å². The average molecular weight is 321 g/mol. The third-order valence-corrected chi connectivity index (χ3v) is 4.16. The summed E-state index contributed by atoms with van der Waals surface area (Å²) in [5, 5.41) is 13.2. The van der Waals surface area contributed by atoms with Gasteiger partial charge in [-0.3, -0.25) is 9.59 Å². The van der Waals surface area contributed by atoms with Gasteiger partial charge in [0.1, 0.15) is 17.1 Å². The number of benzene rings is 2. The van der Waals surface area contributed by atoms with Crippen molar-refractivity contribution < 1.29 is 9.59 Å². The number of anilines is 1. The van der Waals surface area contributed by atoms with E-state index in [9.17, 15) is 9.59 Å². The van der Waals surface area contributed by atoms with Crippen LogP contribution in [0.25, 0.3) is 11.0 Å². The van der Waals surface area contributed by atoms with Crippen molar-refractivity contribution in [1.29, 1.82) is 0 Å². The Hall–Kier alpha value is -3.22. The van der Waals surface area contributed by atoms with Gasteiger partial charge in [-0.05, 0) is 36.8 Å².